The van der Waals surface area contributed by atoms with Gasteiger partial charge in [-0.25, -0.2) is 0 Å². The number of halogens is 1. The highest BCUT2D eigenvalue weighted by Crippen LogP contribution is 2.44. The van der Waals surface area contributed by atoms with Crippen molar-refractivity contribution in [3.63, 3.8) is 0 Å². The van der Waals surface area contributed by atoms with Gasteiger partial charge in [-0.05, 0) is 47.5 Å². The molecule has 2 aromatic heterocycles. The fraction of sp³-hybridized carbons (Fsp3) is 0.133. The van der Waals surface area contributed by atoms with Crippen molar-refractivity contribution >= 4 is 62.5 Å². The second kappa shape index (κ2) is 11.5. The van der Waals surface area contributed by atoms with E-state index in [2.05, 4.69) is 10.2 Å². The lowest BCUT2D eigenvalue weighted by atomic mass is 9.95. The molecular formula is C30H22ClN3O6S2. The summed E-state index contributed by atoms with van der Waals surface area (Å²) in [6, 6.07) is 20.2. The number of anilines is 1. The van der Waals surface area contributed by atoms with Crippen LogP contribution in [0, 0.1) is 0 Å². The Labute approximate surface area is 253 Å². The van der Waals surface area contributed by atoms with E-state index < -0.39 is 23.5 Å². The zero-order chi connectivity index (χ0) is 29.4. The Hall–Kier alpha value is -4.32. The number of ether oxygens (including phenoxy) is 2. The van der Waals surface area contributed by atoms with E-state index in [0.29, 0.717) is 43.1 Å². The fourth-order valence-corrected chi connectivity index (χ4v) is 6.61. The number of furan rings is 1. The van der Waals surface area contributed by atoms with Gasteiger partial charge < -0.3 is 19.0 Å². The summed E-state index contributed by atoms with van der Waals surface area (Å²) in [5.41, 5.74) is 1.87. The van der Waals surface area contributed by atoms with Crippen LogP contribution < -0.4 is 14.4 Å². The highest BCUT2D eigenvalue weighted by atomic mass is 35.5. The number of Topliss-reactive ketones (excluding diaryl/α,β-unsaturated/α-hetero) is 1. The van der Waals surface area contributed by atoms with Crippen molar-refractivity contribution in [1.82, 2.24) is 10.2 Å². The van der Waals surface area contributed by atoms with Gasteiger partial charge in [0, 0.05) is 16.2 Å². The maximum Gasteiger partial charge on any atom is 0.296 e. The van der Waals surface area contributed by atoms with E-state index in [4.69, 9.17) is 25.5 Å². The molecular weight excluding hydrogens is 598 g/mol. The van der Waals surface area contributed by atoms with E-state index in [9.17, 15) is 14.7 Å². The summed E-state index contributed by atoms with van der Waals surface area (Å²) < 4.78 is 17.2. The molecule has 5 aromatic rings. The maximum absolute atomic E-state index is 13.9. The van der Waals surface area contributed by atoms with Crippen LogP contribution in [0.15, 0.2) is 92.9 Å². The molecule has 3 heterocycles. The van der Waals surface area contributed by atoms with Crippen LogP contribution in [-0.4, -0.2) is 41.2 Å². The van der Waals surface area contributed by atoms with Crippen LogP contribution in [0.1, 0.15) is 27.7 Å². The van der Waals surface area contributed by atoms with E-state index in [-0.39, 0.29) is 16.5 Å². The smallest absolute Gasteiger partial charge is 0.296 e. The highest BCUT2D eigenvalue weighted by molar-refractivity contribution is 8.00. The average Bonchev–Trinajstić information content (AvgIpc) is 3.73. The maximum atomic E-state index is 13.9. The Kier molecular flexibility index (Phi) is 7.63. The normalized spacial score (nSPS) is 15.1. The van der Waals surface area contributed by atoms with Gasteiger partial charge in [0.05, 0.1) is 25.8 Å². The summed E-state index contributed by atoms with van der Waals surface area (Å²) in [5.74, 6) is -0.457. The molecule has 9 nitrogen and oxygen atoms in total. The summed E-state index contributed by atoms with van der Waals surface area (Å²) in [6.07, 6.45) is 0. The lowest BCUT2D eigenvalue weighted by Crippen LogP contribution is -2.31. The number of fused-ring (bicyclic) bond motifs is 1. The van der Waals surface area contributed by atoms with Crippen molar-refractivity contribution in [2.45, 2.75) is 16.1 Å². The number of nitrogens with zero attached hydrogens (tertiary/aromatic N) is 3. The monoisotopic (exact) mass is 619 g/mol. The number of carbonyl (C=O) groups excluding carboxylic acids is 2. The molecule has 0 aliphatic carbocycles. The molecule has 1 unspecified atom stereocenters. The molecule has 3 aromatic carbocycles. The summed E-state index contributed by atoms with van der Waals surface area (Å²) in [5, 5.41) is 21.2. The predicted octanol–water partition coefficient (Wildman–Crippen LogP) is 7.03. The van der Waals surface area contributed by atoms with Gasteiger partial charge in [-0.3, -0.25) is 14.5 Å². The molecule has 1 aliphatic rings. The number of methoxy groups -OCH3 is 2. The molecule has 0 spiro atoms. The van der Waals surface area contributed by atoms with Crippen LogP contribution in [0.25, 0.3) is 11.0 Å². The topological polar surface area (TPSA) is 115 Å². The Morgan fingerprint density at radius 3 is 2.55 bits per heavy atom. The van der Waals surface area contributed by atoms with Gasteiger partial charge in [0.1, 0.15) is 5.75 Å². The molecule has 212 valence electrons. The van der Waals surface area contributed by atoms with Crippen LogP contribution in [-0.2, 0) is 10.5 Å². The third-order valence-electron chi connectivity index (χ3n) is 6.71. The number of hydrogen-bond donors (Lipinski definition) is 1. The van der Waals surface area contributed by atoms with Gasteiger partial charge in [0.2, 0.25) is 10.9 Å². The Bertz CT molecular complexity index is 1830. The van der Waals surface area contributed by atoms with Crippen LogP contribution in [0.3, 0.4) is 0 Å². The zero-order valence-corrected chi connectivity index (χ0v) is 24.6. The van der Waals surface area contributed by atoms with Gasteiger partial charge in [-0.15, -0.1) is 10.2 Å². The highest BCUT2D eigenvalue weighted by Gasteiger charge is 2.47. The van der Waals surface area contributed by atoms with Crippen molar-refractivity contribution in [3.05, 3.63) is 106 Å². The number of hydrogen-bond acceptors (Lipinski definition) is 10. The number of aliphatic hydroxyl groups is 1. The second-order valence-electron chi connectivity index (χ2n) is 9.20. The molecule has 0 saturated carbocycles. The molecule has 42 heavy (non-hydrogen) atoms. The SMILES string of the molecule is COc1ccc(C2C(C(=O)c3cc4cccc(OC)c4o3)=C(O)C(=O)N2c2nnc(SCc3ccc(Cl)cc3)s2)cc1. The van der Waals surface area contributed by atoms with Crippen molar-refractivity contribution < 1.29 is 28.6 Å². The van der Waals surface area contributed by atoms with Gasteiger partial charge in [-0.2, -0.15) is 0 Å². The quantitative estimate of drug-likeness (QED) is 0.105. The third-order valence-corrected chi connectivity index (χ3v) is 9.09. The fourth-order valence-electron chi connectivity index (χ4n) is 4.66. The molecule has 0 bridgehead atoms. The Morgan fingerprint density at radius 1 is 1.07 bits per heavy atom. The minimum Gasteiger partial charge on any atom is -0.503 e. The standard InChI is InChI=1S/C30H22ClN3O6S2/c1-38-20-12-8-17(9-13-20)24-23(25(35)22-14-18-4-3-5-21(39-2)27(18)40-22)26(36)28(37)34(24)29-32-33-30(42-29)41-15-16-6-10-19(31)11-7-16/h3-14,24,36H,15H2,1-2H3. The lowest BCUT2D eigenvalue weighted by molar-refractivity contribution is -0.117. The first-order valence-electron chi connectivity index (χ1n) is 12.6. The third kappa shape index (κ3) is 5.11. The predicted molar refractivity (Wildman–Crippen MR) is 161 cm³/mol. The molecule has 1 amide bonds. The molecule has 6 rings (SSSR count). The largest absolute Gasteiger partial charge is 0.503 e. The van der Waals surface area contributed by atoms with Gasteiger partial charge in [0.15, 0.2) is 27.2 Å². The number of aromatic nitrogens is 2. The number of rotatable bonds is 9. The number of aliphatic hydroxyl groups excluding tert-OH is 1. The zero-order valence-electron chi connectivity index (χ0n) is 22.2. The number of amides is 1. The van der Waals surface area contributed by atoms with Crippen molar-refractivity contribution in [3.8, 4) is 11.5 Å². The minimum absolute atomic E-state index is 0.0410. The van der Waals surface area contributed by atoms with E-state index in [1.54, 1.807) is 55.6 Å². The average molecular weight is 620 g/mol. The number of carbonyl (C=O) groups is 2. The van der Waals surface area contributed by atoms with Crippen molar-refractivity contribution in [2.24, 2.45) is 0 Å². The number of thioether (sulfide) groups is 1. The van der Waals surface area contributed by atoms with Crippen LogP contribution in [0.5, 0.6) is 11.5 Å². The molecule has 1 aliphatic heterocycles. The van der Waals surface area contributed by atoms with Gasteiger partial charge >= 0.3 is 0 Å². The molecule has 0 radical (unpaired) electrons. The molecule has 0 fully saturated rings. The number of benzene rings is 3. The summed E-state index contributed by atoms with van der Waals surface area (Å²) in [6.45, 7) is 0. The molecule has 1 atom stereocenters. The first-order valence-corrected chi connectivity index (χ1v) is 14.8. The van der Waals surface area contributed by atoms with Gasteiger partial charge in [0.25, 0.3) is 5.91 Å². The van der Waals surface area contributed by atoms with Crippen molar-refractivity contribution in [1.29, 1.82) is 0 Å². The Morgan fingerprint density at radius 2 is 1.83 bits per heavy atom. The van der Waals surface area contributed by atoms with Crippen molar-refractivity contribution in [2.75, 3.05) is 19.1 Å². The van der Waals surface area contributed by atoms with Crippen LogP contribution >= 0.6 is 34.7 Å². The van der Waals surface area contributed by atoms with E-state index in [1.165, 1.54) is 35.1 Å². The first kappa shape index (κ1) is 27.8. The van der Waals surface area contributed by atoms with E-state index in [1.807, 2.05) is 24.3 Å². The van der Waals surface area contributed by atoms with Crippen LogP contribution in [0.2, 0.25) is 5.02 Å². The lowest BCUT2D eigenvalue weighted by Gasteiger charge is -2.24. The Balaban J connectivity index is 1.37. The number of ketones is 1. The molecule has 12 heteroatoms. The van der Waals surface area contributed by atoms with E-state index in [0.717, 1.165) is 5.56 Å². The summed E-state index contributed by atoms with van der Waals surface area (Å²) in [4.78, 5) is 28.8. The first-order chi connectivity index (χ1) is 20.4. The van der Waals surface area contributed by atoms with Gasteiger partial charge in [-0.1, -0.05) is 71.1 Å². The molecule has 0 saturated heterocycles. The summed E-state index contributed by atoms with van der Waals surface area (Å²) in [7, 11) is 3.05. The minimum atomic E-state index is -0.993. The van der Waals surface area contributed by atoms with E-state index >= 15 is 0 Å². The molecule has 1 N–H and O–H groups in total. The number of para-hydroxylation sites is 1. The van der Waals surface area contributed by atoms with Crippen LogP contribution in [0.4, 0.5) is 5.13 Å². The summed E-state index contributed by atoms with van der Waals surface area (Å²) >= 11 is 8.63. The second-order valence-corrected chi connectivity index (χ2v) is 11.8.